The monoisotopic (exact) mass is 956 g/mol. The van der Waals surface area contributed by atoms with Crippen molar-refractivity contribution in [1.29, 1.82) is 0 Å². The SMILES string of the molecule is C[C@@]12c3cc(-c4ccccc4)c(-c4ccccc4)cc3[C@]3(C)c4cc(-c5ccccc5)c(-c5ccccc5)cc4[C@@]4(C)c5cc(-c6ccccc6)ccc5[C@](C)(c5cc(-c6ccccc6)c(-c6ccccc6)cc51)C234. The van der Waals surface area contributed by atoms with Crippen LogP contribution < -0.4 is 0 Å². The fourth-order valence-electron chi connectivity index (χ4n) is 16.8. The van der Waals surface area contributed by atoms with Crippen molar-refractivity contribution in [1.82, 2.24) is 0 Å². The Labute approximate surface area is 441 Å². The molecule has 0 heteroatoms. The van der Waals surface area contributed by atoms with Crippen molar-refractivity contribution in [3.8, 4) is 77.9 Å². The van der Waals surface area contributed by atoms with Crippen molar-refractivity contribution in [2.75, 3.05) is 0 Å². The van der Waals surface area contributed by atoms with E-state index in [0.29, 0.717) is 0 Å². The molecular weight excluding hydrogens is 901 g/mol. The molecule has 356 valence electrons. The Bertz CT molecular complexity index is 3950. The Morgan fingerprint density at radius 2 is 0.373 bits per heavy atom. The summed E-state index contributed by atoms with van der Waals surface area (Å²) in [5.74, 6) is 0. The van der Waals surface area contributed by atoms with Crippen LogP contribution in [-0.4, -0.2) is 0 Å². The van der Waals surface area contributed by atoms with Gasteiger partial charge < -0.3 is 0 Å². The highest BCUT2D eigenvalue weighted by atomic mass is 14.9. The molecule has 11 aromatic carbocycles. The number of hydrogen-bond donors (Lipinski definition) is 0. The van der Waals surface area contributed by atoms with Gasteiger partial charge >= 0.3 is 0 Å². The summed E-state index contributed by atoms with van der Waals surface area (Å²) in [5.41, 5.74) is 26.4. The van der Waals surface area contributed by atoms with Crippen LogP contribution in [0.3, 0.4) is 0 Å². The second-order valence-electron chi connectivity index (χ2n) is 22.4. The van der Waals surface area contributed by atoms with E-state index in [-0.39, 0.29) is 0 Å². The summed E-state index contributed by atoms with van der Waals surface area (Å²) in [6, 6.07) is 102. The normalized spacial score (nSPS) is 22.9. The molecule has 0 radical (unpaired) electrons. The molecule has 0 saturated carbocycles. The van der Waals surface area contributed by atoms with E-state index in [1.807, 2.05) is 0 Å². The molecule has 0 heterocycles. The first-order valence-electron chi connectivity index (χ1n) is 26.8. The molecule has 1 spiro atoms. The lowest BCUT2D eigenvalue weighted by Gasteiger charge is -2.57. The van der Waals surface area contributed by atoms with E-state index in [1.54, 1.807) is 0 Å². The quantitative estimate of drug-likeness (QED) is 0.149. The van der Waals surface area contributed by atoms with Gasteiger partial charge in [0, 0.05) is 27.1 Å². The zero-order valence-corrected chi connectivity index (χ0v) is 42.9. The molecule has 75 heavy (non-hydrogen) atoms. The zero-order valence-electron chi connectivity index (χ0n) is 42.9. The summed E-state index contributed by atoms with van der Waals surface area (Å²) in [5, 5.41) is 0. The summed E-state index contributed by atoms with van der Waals surface area (Å²) >= 11 is 0. The summed E-state index contributed by atoms with van der Waals surface area (Å²) in [6.45, 7) is 10.8. The molecule has 0 nitrogen and oxygen atoms in total. The minimum Gasteiger partial charge on any atom is -0.0622 e. The highest BCUT2D eigenvalue weighted by Gasteiger charge is 2.89. The molecule has 0 amide bonds. The molecule has 4 aliphatic carbocycles. The van der Waals surface area contributed by atoms with E-state index in [4.69, 9.17) is 0 Å². The third-order valence-electron chi connectivity index (χ3n) is 19.4. The molecule has 0 aromatic heterocycles. The Morgan fingerprint density at radius 3 is 0.613 bits per heavy atom. The van der Waals surface area contributed by atoms with Crippen LogP contribution in [0.15, 0.2) is 267 Å². The zero-order chi connectivity index (χ0) is 50.3. The van der Waals surface area contributed by atoms with Crippen LogP contribution in [0.2, 0.25) is 0 Å². The first kappa shape index (κ1) is 44.0. The van der Waals surface area contributed by atoms with Gasteiger partial charge in [-0.05, 0) is 165 Å². The molecule has 0 bridgehead atoms. The van der Waals surface area contributed by atoms with Gasteiger partial charge in [0.25, 0.3) is 0 Å². The molecule has 0 N–H and O–H groups in total. The average molecular weight is 957 g/mol. The fraction of sp³-hybridized carbons (Fsp3) is 0.120. The highest BCUT2D eigenvalue weighted by Crippen LogP contribution is 2.90. The molecule has 0 fully saturated rings. The minimum absolute atomic E-state index is 0.498. The standard InChI is InChI=1S/C75H56/c1-71-63-41-40-56(49-26-12-5-13-27-49)42-64(63)72(2)67-45-59(52-32-18-8-19-33-52)60(53-34-20-9-21-35-53)46-68(67)74(4)70-48-62(55-38-24-11-25-39-55)61(54-36-22-10-23-37-54)47-69(70)73(3,75(71,72)74)66-44-58(51-30-16-7-17-31-51)57(43-65(66)71)50-28-14-6-15-29-50/h5-48H,1-4H3/t71-,72-,73+,74+,75?/m1/s1. The van der Waals surface area contributed by atoms with Crippen molar-refractivity contribution in [3.63, 3.8) is 0 Å². The van der Waals surface area contributed by atoms with Crippen molar-refractivity contribution in [2.24, 2.45) is 5.41 Å². The molecule has 5 atom stereocenters. The lowest BCUT2D eigenvalue weighted by Crippen LogP contribution is -2.60. The second kappa shape index (κ2) is 15.7. The van der Waals surface area contributed by atoms with Gasteiger partial charge in [-0.3, -0.25) is 0 Å². The number of fused-ring (bicyclic) bond motifs is 12. The van der Waals surface area contributed by atoms with Crippen LogP contribution >= 0.6 is 0 Å². The molecule has 0 saturated heterocycles. The van der Waals surface area contributed by atoms with E-state index in [9.17, 15) is 0 Å². The maximum atomic E-state index is 2.69. The van der Waals surface area contributed by atoms with Gasteiger partial charge in [-0.15, -0.1) is 0 Å². The molecule has 15 rings (SSSR count). The van der Waals surface area contributed by atoms with Gasteiger partial charge in [0.1, 0.15) is 0 Å². The first-order valence-corrected chi connectivity index (χ1v) is 26.8. The maximum absolute atomic E-state index is 2.69. The van der Waals surface area contributed by atoms with Crippen LogP contribution in [0.25, 0.3) is 77.9 Å². The first-order chi connectivity index (χ1) is 36.7. The van der Waals surface area contributed by atoms with Crippen LogP contribution in [0.1, 0.15) is 72.2 Å². The predicted molar refractivity (Wildman–Crippen MR) is 312 cm³/mol. The van der Waals surface area contributed by atoms with Crippen LogP contribution in [0.4, 0.5) is 0 Å². The van der Waals surface area contributed by atoms with Gasteiger partial charge in [0.05, 0.1) is 0 Å². The van der Waals surface area contributed by atoms with Gasteiger partial charge in [-0.2, -0.15) is 0 Å². The minimum atomic E-state index is -0.530. The van der Waals surface area contributed by atoms with Crippen molar-refractivity contribution >= 4 is 0 Å². The largest absolute Gasteiger partial charge is 0.0622 e. The smallest absolute Gasteiger partial charge is 0.0272 e. The van der Waals surface area contributed by atoms with Crippen LogP contribution in [0, 0.1) is 5.41 Å². The van der Waals surface area contributed by atoms with E-state index in [2.05, 4.69) is 295 Å². The second-order valence-corrected chi connectivity index (χ2v) is 22.4. The molecule has 0 aliphatic heterocycles. The van der Waals surface area contributed by atoms with E-state index in [0.717, 1.165) is 0 Å². The molecular formula is C75H56. The predicted octanol–water partition coefficient (Wildman–Crippen LogP) is 18.9. The number of rotatable bonds is 7. The van der Waals surface area contributed by atoms with Crippen molar-refractivity contribution in [3.05, 3.63) is 311 Å². The maximum Gasteiger partial charge on any atom is 0.0272 e. The average Bonchev–Trinajstić information content (AvgIpc) is 2.74. The van der Waals surface area contributed by atoms with Gasteiger partial charge in [-0.1, -0.05) is 252 Å². The third-order valence-corrected chi connectivity index (χ3v) is 19.4. The van der Waals surface area contributed by atoms with E-state index in [1.165, 1.54) is 122 Å². The molecule has 1 unspecified atom stereocenters. The summed E-state index contributed by atoms with van der Waals surface area (Å²) in [7, 11) is 0. The summed E-state index contributed by atoms with van der Waals surface area (Å²) in [4.78, 5) is 0. The van der Waals surface area contributed by atoms with Crippen molar-refractivity contribution < 1.29 is 0 Å². The summed E-state index contributed by atoms with van der Waals surface area (Å²) in [6.07, 6.45) is 0. The Kier molecular flexibility index (Phi) is 9.21. The van der Waals surface area contributed by atoms with E-state index < -0.39 is 27.1 Å². The Morgan fingerprint density at radius 1 is 0.173 bits per heavy atom. The van der Waals surface area contributed by atoms with Crippen molar-refractivity contribution in [2.45, 2.75) is 49.4 Å². The molecule has 11 aromatic rings. The fourth-order valence-corrected chi connectivity index (χ4v) is 16.8. The van der Waals surface area contributed by atoms with Gasteiger partial charge in [0.15, 0.2) is 0 Å². The lowest BCUT2D eigenvalue weighted by molar-refractivity contribution is 0.0253. The number of hydrogen-bond acceptors (Lipinski definition) is 0. The highest BCUT2D eigenvalue weighted by molar-refractivity contribution is 5.95. The lowest BCUT2D eigenvalue weighted by atomic mass is 9.43. The summed E-state index contributed by atoms with van der Waals surface area (Å²) < 4.78 is 0. The van der Waals surface area contributed by atoms with Crippen LogP contribution in [0.5, 0.6) is 0 Å². The Balaban J connectivity index is 1.17. The third kappa shape index (κ3) is 5.42. The van der Waals surface area contributed by atoms with Gasteiger partial charge in [0.2, 0.25) is 0 Å². The Hall–Kier alpha value is -8.58. The topological polar surface area (TPSA) is 0 Å². The van der Waals surface area contributed by atoms with Gasteiger partial charge in [-0.25, -0.2) is 0 Å². The van der Waals surface area contributed by atoms with Crippen LogP contribution in [-0.2, 0) is 21.7 Å². The number of benzene rings is 11. The molecule has 4 aliphatic rings. The van der Waals surface area contributed by atoms with E-state index >= 15 is 0 Å².